The Morgan fingerprint density at radius 3 is 1.18 bits per heavy atom. The maximum Gasteiger partial charge on any atom is 0.316 e. The van der Waals surface area contributed by atoms with E-state index in [9.17, 15) is 19.2 Å². The molecule has 0 bridgehead atoms. The Bertz CT molecular complexity index is 276. The number of aldehydes is 2. The fourth-order valence-corrected chi connectivity index (χ4v) is 0.809. The number of hydrogen-bond acceptors (Lipinski definition) is 6. The van der Waals surface area contributed by atoms with Crippen LogP contribution in [0.15, 0.2) is 0 Å². The van der Waals surface area contributed by atoms with Gasteiger partial charge in [0.15, 0.2) is 0 Å². The number of carboxylic acids is 2. The van der Waals surface area contributed by atoms with Crippen molar-refractivity contribution in [3.8, 4) is 0 Å². The summed E-state index contributed by atoms with van der Waals surface area (Å²) in [5, 5.41) is 14.8. The summed E-state index contributed by atoms with van der Waals surface area (Å²) in [6.07, 6.45) is 7.32. The van der Waals surface area contributed by atoms with E-state index in [0.717, 1.165) is 38.3 Å². The standard InChI is InChI=1S/C8H14O2.2C3H6O2S/c9-7-5-3-1-2-4-6-8-10;2*1-2(6)3(4)5/h7-8H,1-6H2;2*2,6H,1H3,(H,4,5). The Kier molecular flexibility index (Phi) is 23.5. The van der Waals surface area contributed by atoms with Crippen LogP contribution in [-0.4, -0.2) is 45.2 Å². The van der Waals surface area contributed by atoms with Gasteiger partial charge in [-0.1, -0.05) is 12.8 Å². The summed E-state index contributed by atoms with van der Waals surface area (Å²) in [5.74, 6) is -1.75. The van der Waals surface area contributed by atoms with Crippen LogP contribution in [-0.2, 0) is 19.2 Å². The Labute approximate surface area is 142 Å². The van der Waals surface area contributed by atoms with Crippen LogP contribution in [0, 0.1) is 0 Å². The van der Waals surface area contributed by atoms with Crippen molar-refractivity contribution in [1.29, 1.82) is 0 Å². The topological polar surface area (TPSA) is 109 Å². The first kappa shape index (κ1) is 25.9. The second-order valence-corrected chi connectivity index (χ2v) is 5.90. The molecule has 0 aliphatic carbocycles. The van der Waals surface area contributed by atoms with Gasteiger partial charge in [-0.3, -0.25) is 9.59 Å². The average molecular weight is 354 g/mol. The van der Waals surface area contributed by atoms with Crippen LogP contribution in [0.1, 0.15) is 52.4 Å². The van der Waals surface area contributed by atoms with E-state index in [1.165, 1.54) is 13.8 Å². The molecule has 0 heterocycles. The molecule has 0 aromatic heterocycles. The number of hydrogen-bond donors (Lipinski definition) is 4. The molecule has 0 saturated heterocycles. The van der Waals surface area contributed by atoms with E-state index < -0.39 is 22.4 Å². The number of unbranched alkanes of at least 4 members (excludes halogenated alkanes) is 5. The van der Waals surface area contributed by atoms with E-state index in [0.29, 0.717) is 12.8 Å². The first-order chi connectivity index (χ1) is 10.2. The zero-order valence-electron chi connectivity index (χ0n) is 13.0. The summed E-state index contributed by atoms with van der Waals surface area (Å²) in [4.78, 5) is 38.9. The highest BCUT2D eigenvalue weighted by Gasteiger charge is 2.00. The van der Waals surface area contributed by atoms with Crippen molar-refractivity contribution in [2.75, 3.05) is 0 Å². The lowest BCUT2D eigenvalue weighted by Crippen LogP contribution is -2.06. The number of carboxylic acid groups (broad SMARTS) is 2. The van der Waals surface area contributed by atoms with Gasteiger partial charge in [0.1, 0.15) is 12.6 Å². The molecule has 2 atom stereocenters. The summed E-state index contributed by atoms with van der Waals surface area (Å²) < 4.78 is 0. The molecule has 0 aliphatic heterocycles. The maximum atomic E-state index is 9.84. The molecule has 22 heavy (non-hydrogen) atoms. The molecule has 0 spiro atoms. The molecule has 0 fully saturated rings. The number of rotatable bonds is 9. The quantitative estimate of drug-likeness (QED) is 0.288. The minimum atomic E-state index is -0.877. The molecule has 130 valence electrons. The molecular weight excluding hydrogens is 328 g/mol. The fourth-order valence-electron chi connectivity index (χ4n) is 0.809. The second-order valence-electron chi connectivity index (χ2n) is 4.35. The van der Waals surface area contributed by atoms with Crippen LogP contribution < -0.4 is 0 Å². The van der Waals surface area contributed by atoms with E-state index >= 15 is 0 Å². The van der Waals surface area contributed by atoms with Crippen molar-refractivity contribution in [2.24, 2.45) is 0 Å². The molecule has 8 heteroatoms. The Morgan fingerprint density at radius 1 is 0.818 bits per heavy atom. The lowest BCUT2D eigenvalue weighted by Gasteiger charge is -1.93. The van der Waals surface area contributed by atoms with Crippen molar-refractivity contribution in [2.45, 2.75) is 62.9 Å². The minimum Gasteiger partial charge on any atom is -0.480 e. The Hall–Kier alpha value is -1.02. The van der Waals surface area contributed by atoms with Crippen LogP contribution in [0.2, 0.25) is 0 Å². The van der Waals surface area contributed by atoms with Gasteiger partial charge in [0.05, 0.1) is 10.5 Å². The van der Waals surface area contributed by atoms with Crippen molar-refractivity contribution in [1.82, 2.24) is 0 Å². The summed E-state index contributed by atoms with van der Waals surface area (Å²) in [5.41, 5.74) is 0. The Balaban J connectivity index is -0.000000261. The number of thiol groups is 2. The van der Waals surface area contributed by atoms with E-state index in [-0.39, 0.29) is 0 Å². The fraction of sp³-hybridized carbons (Fsp3) is 0.714. The van der Waals surface area contributed by atoms with Crippen LogP contribution in [0.25, 0.3) is 0 Å². The van der Waals surface area contributed by atoms with Gasteiger partial charge in [0.2, 0.25) is 0 Å². The highest BCUT2D eigenvalue weighted by atomic mass is 32.1. The first-order valence-electron chi connectivity index (χ1n) is 6.89. The van der Waals surface area contributed by atoms with Gasteiger partial charge in [0, 0.05) is 12.8 Å². The third kappa shape index (κ3) is 31.4. The van der Waals surface area contributed by atoms with E-state index in [1.807, 2.05) is 0 Å². The number of carbonyl (C=O) groups is 4. The van der Waals surface area contributed by atoms with Gasteiger partial charge in [-0.15, -0.1) is 0 Å². The summed E-state index contributed by atoms with van der Waals surface area (Å²) >= 11 is 7.19. The Morgan fingerprint density at radius 2 is 1.05 bits per heavy atom. The molecule has 0 rings (SSSR count). The zero-order chi connectivity index (χ0) is 18.0. The van der Waals surface area contributed by atoms with Crippen molar-refractivity contribution in [3.05, 3.63) is 0 Å². The lowest BCUT2D eigenvalue weighted by molar-refractivity contribution is -0.137. The average Bonchev–Trinajstić information content (AvgIpc) is 2.44. The lowest BCUT2D eigenvalue weighted by atomic mass is 10.1. The summed E-state index contributed by atoms with van der Waals surface area (Å²) in [7, 11) is 0. The predicted molar refractivity (Wildman–Crippen MR) is 92.0 cm³/mol. The summed E-state index contributed by atoms with van der Waals surface area (Å²) in [6, 6.07) is 0. The molecule has 0 amide bonds. The van der Waals surface area contributed by atoms with E-state index in [1.54, 1.807) is 0 Å². The molecule has 0 aromatic carbocycles. The first-order valence-corrected chi connectivity index (χ1v) is 7.92. The van der Waals surface area contributed by atoms with Gasteiger partial charge in [0.25, 0.3) is 0 Å². The van der Waals surface area contributed by atoms with Crippen LogP contribution in [0.4, 0.5) is 0 Å². The predicted octanol–water partition coefficient (Wildman–Crippen LogP) is 2.50. The normalized spacial score (nSPS) is 11.6. The summed E-state index contributed by atoms with van der Waals surface area (Å²) in [6.45, 7) is 3.01. The van der Waals surface area contributed by atoms with Crippen LogP contribution in [0.3, 0.4) is 0 Å². The van der Waals surface area contributed by atoms with Gasteiger partial charge in [-0.2, -0.15) is 25.3 Å². The van der Waals surface area contributed by atoms with Gasteiger partial charge in [-0.25, -0.2) is 0 Å². The minimum absolute atomic E-state index is 0.537. The monoisotopic (exact) mass is 354 g/mol. The smallest absolute Gasteiger partial charge is 0.316 e. The van der Waals surface area contributed by atoms with E-state index in [4.69, 9.17) is 10.2 Å². The highest BCUT2D eigenvalue weighted by molar-refractivity contribution is 7.81. The number of aliphatic carboxylic acids is 2. The molecular formula is C14H26O6S2. The maximum absolute atomic E-state index is 9.84. The third-order valence-electron chi connectivity index (χ3n) is 2.11. The van der Waals surface area contributed by atoms with Gasteiger partial charge >= 0.3 is 11.9 Å². The van der Waals surface area contributed by atoms with Gasteiger partial charge < -0.3 is 19.8 Å². The molecule has 0 aliphatic rings. The largest absolute Gasteiger partial charge is 0.480 e. The van der Waals surface area contributed by atoms with Crippen molar-refractivity contribution in [3.63, 3.8) is 0 Å². The SMILES string of the molecule is CC(S)C(=O)O.CC(S)C(=O)O.O=CCCCCCCC=O. The number of carbonyl (C=O) groups excluding carboxylic acids is 2. The van der Waals surface area contributed by atoms with Crippen LogP contribution >= 0.6 is 25.3 Å². The molecule has 2 unspecified atom stereocenters. The zero-order valence-corrected chi connectivity index (χ0v) is 14.8. The molecule has 0 saturated carbocycles. The molecule has 0 radical (unpaired) electrons. The molecule has 2 N–H and O–H groups in total. The van der Waals surface area contributed by atoms with Crippen LogP contribution in [0.5, 0.6) is 0 Å². The van der Waals surface area contributed by atoms with Crippen molar-refractivity contribution >= 4 is 49.8 Å². The highest BCUT2D eigenvalue weighted by Crippen LogP contribution is 2.02. The molecule has 6 nitrogen and oxygen atoms in total. The third-order valence-corrected chi connectivity index (χ3v) is 2.55. The van der Waals surface area contributed by atoms with E-state index in [2.05, 4.69) is 25.3 Å². The molecule has 0 aromatic rings. The van der Waals surface area contributed by atoms with Crippen molar-refractivity contribution < 1.29 is 29.4 Å². The second kappa shape index (κ2) is 20.0. The van der Waals surface area contributed by atoms with Gasteiger partial charge in [-0.05, 0) is 26.7 Å².